The first-order valence-electron chi connectivity index (χ1n) is 6.70. The maximum Gasteiger partial charge on any atom is 0.194 e. The van der Waals surface area contributed by atoms with Gasteiger partial charge in [0.2, 0.25) is 0 Å². The zero-order valence-electron chi connectivity index (χ0n) is 11.6. The Morgan fingerprint density at radius 1 is 1.25 bits per heavy atom. The number of hydrogen-bond donors (Lipinski definition) is 1. The van der Waals surface area contributed by atoms with E-state index in [0.717, 1.165) is 13.0 Å². The molecule has 1 aromatic heterocycles. The van der Waals surface area contributed by atoms with Gasteiger partial charge in [-0.25, -0.2) is 13.8 Å². The van der Waals surface area contributed by atoms with E-state index in [9.17, 15) is 8.78 Å². The van der Waals surface area contributed by atoms with Crippen molar-refractivity contribution in [2.45, 2.75) is 32.7 Å². The highest BCUT2D eigenvalue weighted by Gasteiger charge is 2.15. The van der Waals surface area contributed by atoms with Crippen LogP contribution in [0.15, 0.2) is 28.8 Å². The maximum absolute atomic E-state index is 13.6. The third kappa shape index (κ3) is 3.63. The number of halogens is 2. The van der Waals surface area contributed by atoms with E-state index >= 15 is 0 Å². The average Bonchev–Trinajstić information content (AvgIpc) is 2.83. The lowest BCUT2D eigenvalue weighted by atomic mass is 10.1. The van der Waals surface area contributed by atoms with Crippen molar-refractivity contribution in [2.24, 2.45) is 0 Å². The van der Waals surface area contributed by atoms with Gasteiger partial charge in [-0.3, -0.25) is 0 Å². The second-order valence-corrected chi connectivity index (χ2v) is 4.93. The van der Waals surface area contributed by atoms with E-state index < -0.39 is 11.6 Å². The highest BCUT2D eigenvalue weighted by molar-refractivity contribution is 5.58. The minimum Gasteiger partial charge on any atom is -0.441 e. The molecule has 0 aliphatic heterocycles. The molecule has 1 aromatic carbocycles. The fourth-order valence-corrected chi connectivity index (χ4v) is 1.90. The summed E-state index contributed by atoms with van der Waals surface area (Å²) in [5.41, 5.74) is -0.161. The first-order chi connectivity index (χ1) is 9.58. The van der Waals surface area contributed by atoms with Crippen LogP contribution in [0.4, 0.5) is 8.78 Å². The molecule has 0 spiro atoms. The van der Waals surface area contributed by atoms with Gasteiger partial charge < -0.3 is 9.73 Å². The molecular weight excluding hydrogens is 262 g/mol. The molecule has 0 unspecified atom stereocenters. The Morgan fingerprint density at radius 3 is 2.60 bits per heavy atom. The predicted molar refractivity (Wildman–Crippen MR) is 73.3 cm³/mol. The Labute approximate surface area is 117 Å². The van der Waals surface area contributed by atoms with Gasteiger partial charge in [0.25, 0.3) is 0 Å². The van der Waals surface area contributed by atoms with Crippen LogP contribution in [0, 0.1) is 11.6 Å². The minimum absolute atomic E-state index is 0.132. The minimum atomic E-state index is -0.644. The van der Waals surface area contributed by atoms with Crippen LogP contribution in [0.25, 0.3) is 11.3 Å². The number of aromatic nitrogens is 1. The predicted octanol–water partition coefficient (Wildman–Crippen LogP) is 3.55. The molecule has 0 atom stereocenters. The zero-order chi connectivity index (χ0) is 14.5. The lowest BCUT2D eigenvalue weighted by molar-refractivity contribution is 0.478. The third-order valence-electron chi connectivity index (χ3n) is 2.88. The quantitative estimate of drug-likeness (QED) is 0.822. The van der Waals surface area contributed by atoms with Crippen molar-refractivity contribution < 1.29 is 13.2 Å². The molecule has 0 saturated carbocycles. The first-order valence-corrected chi connectivity index (χ1v) is 6.70. The molecule has 108 valence electrons. The van der Waals surface area contributed by atoms with E-state index in [1.165, 1.54) is 24.4 Å². The largest absolute Gasteiger partial charge is 0.441 e. The highest BCUT2D eigenvalue weighted by Crippen LogP contribution is 2.26. The summed E-state index contributed by atoms with van der Waals surface area (Å²) in [6.07, 6.45) is 2.86. The lowest BCUT2D eigenvalue weighted by Gasteiger charge is -2.06. The van der Waals surface area contributed by atoms with Gasteiger partial charge in [0.1, 0.15) is 11.6 Å². The van der Waals surface area contributed by atoms with Crippen molar-refractivity contribution in [3.63, 3.8) is 0 Å². The summed E-state index contributed by atoms with van der Waals surface area (Å²) in [5.74, 6) is -0.663. The standard InChI is InChI=1S/C15H18F2N2O/c1-10(2)18-8-4-7-14-19-9-13(20-14)15-11(16)5-3-6-12(15)17/h3,5-6,9-10,18H,4,7-8H2,1-2H3. The summed E-state index contributed by atoms with van der Waals surface area (Å²) in [4.78, 5) is 4.06. The van der Waals surface area contributed by atoms with E-state index in [1.807, 2.05) is 0 Å². The van der Waals surface area contributed by atoms with Gasteiger partial charge in [-0.1, -0.05) is 19.9 Å². The molecule has 0 amide bonds. The van der Waals surface area contributed by atoms with Crippen LogP contribution < -0.4 is 5.32 Å². The smallest absolute Gasteiger partial charge is 0.194 e. The number of aryl methyl sites for hydroxylation is 1. The number of nitrogens with zero attached hydrogens (tertiary/aromatic N) is 1. The molecule has 0 aliphatic carbocycles. The van der Waals surface area contributed by atoms with Gasteiger partial charge in [-0.2, -0.15) is 0 Å². The summed E-state index contributed by atoms with van der Waals surface area (Å²) in [5, 5.41) is 3.28. The molecule has 1 heterocycles. The SMILES string of the molecule is CC(C)NCCCc1ncc(-c2c(F)cccc2F)o1. The van der Waals surface area contributed by atoms with Crippen LogP contribution in [0.1, 0.15) is 26.2 Å². The lowest BCUT2D eigenvalue weighted by Crippen LogP contribution is -2.23. The summed E-state index contributed by atoms with van der Waals surface area (Å²) < 4.78 is 32.6. The van der Waals surface area contributed by atoms with Crippen LogP contribution in [0.2, 0.25) is 0 Å². The monoisotopic (exact) mass is 280 g/mol. The zero-order valence-corrected chi connectivity index (χ0v) is 11.6. The number of oxazole rings is 1. The summed E-state index contributed by atoms with van der Waals surface area (Å²) >= 11 is 0. The summed E-state index contributed by atoms with van der Waals surface area (Å²) in [7, 11) is 0. The average molecular weight is 280 g/mol. The van der Waals surface area contributed by atoms with Gasteiger partial charge in [0, 0.05) is 12.5 Å². The fraction of sp³-hybridized carbons (Fsp3) is 0.400. The molecule has 0 aliphatic rings. The Bertz CT molecular complexity index is 547. The molecule has 0 radical (unpaired) electrons. The topological polar surface area (TPSA) is 38.1 Å². The van der Waals surface area contributed by atoms with Crippen molar-refractivity contribution in [1.82, 2.24) is 10.3 Å². The molecule has 2 aromatic rings. The Balaban J connectivity index is 2.02. The van der Waals surface area contributed by atoms with Crippen LogP contribution in [-0.2, 0) is 6.42 Å². The second-order valence-electron chi connectivity index (χ2n) is 4.93. The third-order valence-corrected chi connectivity index (χ3v) is 2.88. The van der Waals surface area contributed by atoms with Crippen molar-refractivity contribution in [2.75, 3.05) is 6.54 Å². The number of nitrogens with one attached hydrogen (secondary N) is 1. The Morgan fingerprint density at radius 2 is 1.95 bits per heavy atom. The molecule has 1 N–H and O–H groups in total. The van der Waals surface area contributed by atoms with Crippen LogP contribution in [0.5, 0.6) is 0 Å². The first kappa shape index (κ1) is 14.7. The number of benzene rings is 1. The van der Waals surface area contributed by atoms with Crippen LogP contribution >= 0.6 is 0 Å². The number of hydrogen-bond acceptors (Lipinski definition) is 3. The molecule has 0 bridgehead atoms. The van der Waals surface area contributed by atoms with Gasteiger partial charge in [0.05, 0.1) is 11.8 Å². The highest BCUT2D eigenvalue weighted by atomic mass is 19.1. The van der Waals surface area contributed by atoms with Crippen molar-refractivity contribution in [1.29, 1.82) is 0 Å². The summed E-state index contributed by atoms with van der Waals surface area (Å²) in [6, 6.07) is 4.16. The van der Waals surface area contributed by atoms with Crippen LogP contribution in [0.3, 0.4) is 0 Å². The van der Waals surface area contributed by atoms with E-state index in [1.54, 1.807) is 0 Å². The van der Waals surface area contributed by atoms with E-state index in [2.05, 4.69) is 24.1 Å². The number of rotatable bonds is 6. The molecule has 20 heavy (non-hydrogen) atoms. The molecule has 5 heteroatoms. The van der Waals surface area contributed by atoms with E-state index in [4.69, 9.17) is 4.42 Å². The van der Waals surface area contributed by atoms with Gasteiger partial charge in [-0.05, 0) is 25.1 Å². The van der Waals surface area contributed by atoms with Crippen molar-refractivity contribution in [3.8, 4) is 11.3 Å². The molecule has 2 rings (SSSR count). The second kappa shape index (κ2) is 6.61. The molecule has 0 saturated heterocycles. The van der Waals surface area contributed by atoms with Crippen molar-refractivity contribution >= 4 is 0 Å². The fourth-order valence-electron chi connectivity index (χ4n) is 1.90. The van der Waals surface area contributed by atoms with Gasteiger partial charge in [0.15, 0.2) is 11.7 Å². The molecule has 0 fully saturated rings. The van der Waals surface area contributed by atoms with E-state index in [0.29, 0.717) is 18.4 Å². The van der Waals surface area contributed by atoms with Gasteiger partial charge >= 0.3 is 0 Å². The summed E-state index contributed by atoms with van der Waals surface area (Å²) in [6.45, 7) is 5.00. The van der Waals surface area contributed by atoms with Crippen molar-refractivity contribution in [3.05, 3.63) is 41.9 Å². The normalized spacial score (nSPS) is 11.2. The Kier molecular flexibility index (Phi) is 4.84. The maximum atomic E-state index is 13.6. The molecule has 3 nitrogen and oxygen atoms in total. The van der Waals surface area contributed by atoms with Gasteiger partial charge in [-0.15, -0.1) is 0 Å². The Hall–Kier alpha value is -1.75. The molecular formula is C15H18F2N2O. The van der Waals surface area contributed by atoms with E-state index in [-0.39, 0.29) is 11.3 Å². The van der Waals surface area contributed by atoms with Crippen LogP contribution in [-0.4, -0.2) is 17.6 Å².